The van der Waals surface area contributed by atoms with E-state index in [1.54, 1.807) is 48.5 Å². The predicted octanol–water partition coefficient (Wildman–Crippen LogP) is 1.66. The highest BCUT2D eigenvalue weighted by Gasteiger charge is 2.27. The van der Waals surface area contributed by atoms with Crippen LogP contribution >= 0.6 is 0 Å². The topological polar surface area (TPSA) is 131 Å². The first-order valence-electron chi connectivity index (χ1n) is 9.50. The molecule has 2 rings (SSSR count). The van der Waals surface area contributed by atoms with E-state index in [-0.39, 0.29) is 13.0 Å². The minimum Gasteiger partial charge on any atom is -0.480 e. The third-order valence-corrected chi connectivity index (χ3v) is 4.30. The molecule has 31 heavy (non-hydrogen) atoms. The van der Waals surface area contributed by atoms with Gasteiger partial charge in [-0.3, -0.25) is 4.79 Å². The third-order valence-electron chi connectivity index (χ3n) is 4.30. The van der Waals surface area contributed by atoms with Gasteiger partial charge in [0.25, 0.3) is 0 Å². The molecule has 164 valence electrons. The smallest absolute Gasteiger partial charge is 0.408 e. The number of carboxylic acid groups (broad SMARTS) is 1. The van der Waals surface area contributed by atoms with E-state index < -0.39 is 42.4 Å². The van der Waals surface area contributed by atoms with Crippen molar-refractivity contribution < 1.29 is 33.8 Å². The Morgan fingerprint density at radius 3 is 2.00 bits per heavy atom. The number of benzene rings is 2. The van der Waals surface area contributed by atoms with Crippen molar-refractivity contribution >= 4 is 23.9 Å². The molecule has 0 aliphatic heterocycles. The number of hydrogen-bond acceptors (Lipinski definition) is 6. The molecule has 2 aromatic carbocycles. The number of hydrogen-bond donors (Lipinski definition) is 3. The number of aliphatic carboxylic acids is 1. The van der Waals surface area contributed by atoms with E-state index in [1.807, 2.05) is 12.1 Å². The summed E-state index contributed by atoms with van der Waals surface area (Å²) < 4.78 is 9.70. The van der Waals surface area contributed by atoms with Gasteiger partial charge >= 0.3 is 18.0 Å². The van der Waals surface area contributed by atoms with Gasteiger partial charge in [0.05, 0.1) is 13.5 Å². The van der Waals surface area contributed by atoms with Crippen LogP contribution in [0.2, 0.25) is 0 Å². The lowest BCUT2D eigenvalue weighted by Crippen LogP contribution is -2.48. The molecule has 0 saturated carbocycles. The van der Waals surface area contributed by atoms with E-state index in [9.17, 15) is 24.3 Å². The van der Waals surface area contributed by atoms with Crippen LogP contribution in [0.5, 0.6) is 0 Å². The van der Waals surface area contributed by atoms with Gasteiger partial charge in [-0.1, -0.05) is 60.7 Å². The molecule has 0 aliphatic rings. The Balaban J connectivity index is 1.92. The lowest BCUT2D eigenvalue weighted by molar-refractivity contribution is -0.145. The number of rotatable bonds is 10. The summed E-state index contributed by atoms with van der Waals surface area (Å²) in [5.74, 6) is -2.81. The van der Waals surface area contributed by atoms with Crippen LogP contribution in [-0.2, 0) is 36.9 Å². The summed E-state index contributed by atoms with van der Waals surface area (Å²) in [7, 11) is 1.19. The van der Waals surface area contributed by atoms with E-state index in [1.165, 1.54) is 7.11 Å². The SMILES string of the molecule is COC(=O)[C@H](Cc1ccccc1)NC(=O)CC(NC(=O)OCc1ccccc1)C(=O)O. The van der Waals surface area contributed by atoms with Gasteiger partial charge in [0, 0.05) is 6.42 Å². The van der Waals surface area contributed by atoms with Gasteiger partial charge in [-0.05, 0) is 11.1 Å². The summed E-state index contributed by atoms with van der Waals surface area (Å²) in [4.78, 5) is 47.8. The van der Waals surface area contributed by atoms with E-state index in [0.29, 0.717) is 0 Å². The minimum absolute atomic E-state index is 0.0489. The molecule has 1 unspecified atom stereocenters. The normalized spacial score (nSPS) is 12.2. The van der Waals surface area contributed by atoms with Gasteiger partial charge in [-0.15, -0.1) is 0 Å². The number of amides is 2. The zero-order valence-corrected chi connectivity index (χ0v) is 16.9. The van der Waals surface area contributed by atoms with Gasteiger partial charge in [-0.25, -0.2) is 14.4 Å². The number of alkyl carbamates (subject to hydrolysis) is 1. The molecule has 9 nitrogen and oxygen atoms in total. The van der Waals surface area contributed by atoms with Gasteiger partial charge in [0.1, 0.15) is 18.7 Å². The Morgan fingerprint density at radius 1 is 0.871 bits per heavy atom. The van der Waals surface area contributed by atoms with Crippen molar-refractivity contribution in [1.82, 2.24) is 10.6 Å². The van der Waals surface area contributed by atoms with Crippen LogP contribution in [0.4, 0.5) is 4.79 Å². The van der Waals surface area contributed by atoms with Crippen LogP contribution in [-0.4, -0.2) is 48.2 Å². The summed E-state index contributed by atoms with van der Waals surface area (Å²) in [6, 6.07) is 15.3. The van der Waals surface area contributed by atoms with Crippen LogP contribution in [0, 0.1) is 0 Å². The largest absolute Gasteiger partial charge is 0.480 e. The van der Waals surface area contributed by atoms with Crippen LogP contribution in [0.25, 0.3) is 0 Å². The standard InChI is InChI=1S/C22H24N2O7/c1-30-21(28)18(12-15-8-4-2-5-9-15)23-19(25)13-17(20(26)27)24-22(29)31-14-16-10-6-3-7-11-16/h2-11,17-18H,12-14H2,1H3,(H,23,25)(H,24,29)(H,26,27)/t17?,18-/m0/s1. The zero-order chi connectivity index (χ0) is 22.6. The molecular formula is C22H24N2O7. The highest BCUT2D eigenvalue weighted by Crippen LogP contribution is 2.06. The highest BCUT2D eigenvalue weighted by atomic mass is 16.5. The van der Waals surface area contributed by atoms with Gasteiger partial charge in [-0.2, -0.15) is 0 Å². The number of carbonyl (C=O) groups excluding carboxylic acids is 3. The second-order valence-electron chi connectivity index (χ2n) is 6.63. The van der Waals surface area contributed by atoms with Crippen molar-refractivity contribution in [2.45, 2.75) is 31.5 Å². The summed E-state index contributed by atoms with van der Waals surface area (Å²) >= 11 is 0. The van der Waals surface area contributed by atoms with Crippen molar-refractivity contribution in [1.29, 1.82) is 0 Å². The maximum atomic E-state index is 12.4. The monoisotopic (exact) mass is 428 g/mol. The first-order chi connectivity index (χ1) is 14.9. The zero-order valence-electron chi connectivity index (χ0n) is 16.9. The van der Waals surface area contributed by atoms with Crippen molar-refractivity contribution in [3.05, 3.63) is 71.8 Å². The Kier molecular flexibility index (Phi) is 9.03. The van der Waals surface area contributed by atoms with Gasteiger partial charge in [0.15, 0.2) is 0 Å². The van der Waals surface area contributed by atoms with Crippen LogP contribution in [0.15, 0.2) is 60.7 Å². The number of carboxylic acids is 1. The summed E-state index contributed by atoms with van der Waals surface area (Å²) in [6.07, 6.45) is -1.39. The molecule has 0 saturated heterocycles. The van der Waals surface area contributed by atoms with Gasteiger partial charge < -0.3 is 25.2 Å². The average molecular weight is 428 g/mol. The second kappa shape index (κ2) is 12.0. The van der Waals surface area contributed by atoms with Crippen molar-refractivity contribution in [3.8, 4) is 0 Å². The maximum Gasteiger partial charge on any atom is 0.408 e. The number of ether oxygens (including phenoxy) is 2. The fourth-order valence-corrected chi connectivity index (χ4v) is 2.73. The van der Waals surface area contributed by atoms with Crippen LogP contribution in [0.3, 0.4) is 0 Å². The molecule has 0 spiro atoms. The van der Waals surface area contributed by atoms with Crippen molar-refractivity contribution in [2.24, 2.45) is 0 Å². The molecule has 0 aromatic heterocycles. The van der Waals surface area contributed by atoms with E-state index in [0.717, 1.165) is 11.1 Å². The molecule has 0 aliphatic carbocycles. The fourth-order valence-electron chi connectivity index (χ4n) is 2.73. The van der Waals surface area contributed by atoms with Crippen molar-refractivity contribution in [2.75, 3.05) is 7.11 Å². The molecule has 0 radical (unpaired) electrons. The molecule has 2 atom stereocenters. The Morgan fingerprint density at radius 2 is 1.45 bits per heavy atom. The number of methoxy groups -OCH3 is 1. The van der Waals surface area contributed by atoms with Crippen LogP contribution < -0.4 is 10.6 Å². The second-order valence-corrected chi connectivity index (χ2v) is 6.63. The maximum absolute atomic E-state index is 12.4. The molecule has 9 heteroatoms. The van der Waals surface area contributed by atoms with Crippen LogP contribution in [0.1, 0.15) is 17.5 Å². The van der Waals surface area contributed by atoms with E-state index >= 15 is 0 Å². The molecule has 3 N–H and O–H groups in total. The molecule has 0 bridgehead atoms. The number of esters is 1. The minimum atomic E-state index is -1.53. The summed E-state index contributed by atoms with van der Waals surface area (Å²) in [5, 5.41) is 13.9. The van der Waals surface area contributed by atoms with Crippen molar-refractivity contribution in [3.63, 3.8) is 0 Å². The quantitative estimate of drug-likeness (QED) is 0.491. The lowest BCUT2D eigenvalue weighted by atomic mass is 10.1. The predicted molar refractivity (Wildman–Crippen MR) is 110 cm³/mol. The number of nitrogens with one attached hydrogen (secondary N) is 2. The third kappa shape index (κ3) is 8.17. The Bertz CT molecular complexity index is 887. The summed E-state index contributed by atoms with van der Waals surface area (Å²) in [6.45, 7) is -0.0489. The first kappa shape index (κ1) is 23.4. The Labute approximate surface area is 179 Å². The highest BCUT2D eigenvalue weighted by molar-refractivity contribution is 5.89. The number of carbonyl (C=O) groups is 4. The molecule has 2 amide bonds. The lowest BCUT2D eigenvalue weighted by Gasteiger charge is -2.19. The molecule has 0 fully saturated rings. The summed E-state index contributed by atoms with van der Waals surface area (Å²) in [5.41, 5.74) is 1.51. The van der Waals surface area contributed by atoms with Gasteiger partial charge in [0.2, 0.25) is 5.91 Å². The van der Waals surface area contributed by atoms with E-state index in [4.69, 9.17) is 9.47 Å². The molecule has 2 aromatic rings. The molecular weight excluding hydrogens is 404 g/mol. The van der Waals surface area contributed by atoms with E-state index in [2.05, 4.69) is 10.6 Å². The fraction of sp³-hybridized carbons (Fsp3) is 0.273. The molecule has 0 heterocycles. The average Bonchev–Trinajstić information content (AvgIpc) is 2.77. The Hall–Kier alpha value is -3.88. The first-order valence-corrected chi connectivity index (χ1v) is 9.50.